The van der Waals surface area contributed by atoms with Crippen LogP contribution in [0.4, 0.5) is 0 Å². The van der Waals surface area contributed by atoms with Gasteiger partial charge in [0.05, 0.1) is 6.33 Å². The monoisotopic (exact) mass is 317 g/mol. The first-order chi connectivity index (χ1) is 10.8. The molecule has 2 N–H and O–H groups in total. The fraction of sp³-hybridized carbons (Fsp3) is 0.375. The number of thioether (sulfide) groups is 1. The summed E-state index contributed by atoms with van der Waals surface area (Å²) in [6.45, 7) is 2.52. The van der Waals surface area contributed by atoms with Gasteiger partial charge in [-0.2, -0.15) is 11.8 Å². The molecule has 0 saturated carbocycles. The first-order valence-electron chi connectivity index (χ1n) is 7.29. The molecule has 0 atom stereocenters. The van der Waals surface area contributed by atoms with Crippen LogP contribution >= 0.6 is 11.8 Å². The summed E-state index contributed by atoms with van der Waals surface area (Å²) < 4.78 is 2.06. The van der Waals surface area contributed by atoms with Crippen molar-refractivity contribution in [3.63, 3.8) is 0 Å². The van der Waals surface area contributed by atoms with E-state index in [2.05, 4.69) is 55.7 Å². The molecule has 0 spiro atoms. The first-order valence-corrected chi connectivity index (χ1v) is 8.68. The van der Waals surface area contributed by atoms with Crippen LogP contribution in [0.5, 0.6) is 0 Å². The molecule has 5 nitrogen and oxygen atoms in total. The van der Waals surface area contributed by atoms with Gasteiger partial charge in [0.2, 0.25) is 0 Å². The summed E-state index contributed by atoms with van der Waals surface area (Å²) >= 11 is 1.82. The van der Waals surface area contributed by atoms with Crippen molar-refractivity contribution in [2.24, 2.45) is 4.99 Å². The predicted molar refractivity (Wildman–Crippen MR) is 94.4 cm³/mol. The zero-order valence-electron chi connectivity index (χ0n) is 13.1. The Morgan fingerprint density at radius 1 is 1.32 bits per heavy atom. The third-order valence-electron chi connectivity index (χ3n) is 3.20. The molecular formula is C16H23N5S. The summed E-state index contributed by atoms with van der Waals surface area (Å²) in [4.78, 5) is 8.30. The van der Waals surface area contributed by atoms with Crippen LogP contribution in [-0.2, 0) is 13.1 Å². The maximum absolute atomic E-state index is 4.23. The van der Waals surface area contributed by atoms with Gasteiger partial charge in [0.1, 0.15) is 0 Å². The maximum atomic E-state index is 4.23. The fourth-order valence-electron chi connectivity index (χ4n) is 2.11. The fourth-order valence-corrected chi connectivity index (χ4v) is 2.41. The molecular weight excluding hydrogens is 294 g/mol. The van der Waals surface area contributed by atoms with Crippen molar-refractivity contribution in [2.45, 2.75) is 13.1 Å². The Kier molecular flexibility index (Phi) is 6.83. The lowest BCUT2D eigenvalue weighted by molar-refractivity contribution is 0.790. The number of nitrogens with one attached hydrogen (secondary N) is 2. The lowest BCUT2D eigenvalue weighted by atomic mass is 10.1. The van der Waals surface area contributed by atoms with Crippen LogP contribution in [0.2, 0.25) is 0 Å². The minimum absolute atomic E-state index is 0.761. The van der Waals surface area contributed by atoms with E-state index in [9.17, 15) is 0 Å². The van der Waals surface area contributed by atoms with Gasteiger partial charge in [-0.1, -0.05) is 24.3 Å². The molecule has 0 aliphatic carbocycles. The van der Waals surface area contributed by atoms with Crippen molar-refractivity contribution in [3.05, 3.63) is 54.1 Å². The average molecular weight is 317 g/mol. The van der Waals surface area contributed by atoms with Crippen LogP contribution in [0, 0.1) is 0 Å². The zero-order chi connectivity index (χ0) is 15.6. The Hall–Kier alpha value is -1.95. The zero-order valence-corrected chi connectivity index (χ0v) is 13.9. The molecule has 22 heavy (non-hydrogen) atoms. The van der Waals surface area contributed by atoms with Crippen LogP contribution in [0.15, 0.2) is 48.0 Å². The third kappa shape index (κ3) is 5.44. The Balaban J connectivity index is 1.87. The lowest BCUT2D eigenvalue weighted by Gasteiger charge is -2.12. The average Bonchev–Trinajstić information content (AvgIpc) is 3.04. The maximum Gasteiger partial charge on any atom is 0.191 e. The largest absolute Gasteiger partial charge is 0.356 e. The quantitative estimate of drug-likeness (QED) is 0.466. The van der Waals surface area contributed by atoms with Gasteiger partial charge in [-0.15, -0.1) is 0 Å². The van der Waals surface area contributed by atoms with E-state index in [1.165, 1.54) is 11.1 Å². The number of benzene rings is 1. The molecule has 6 heteroatoms. The van der Waals surface area contributed by atoms with E-state index in [1.807, 2.05) is 24.3 Å². The summed E-state index contributed by atoms with van der Waals surface area (Å²) in [6, 6.07) is 8.56. The molecule has 2 rings (SSSR count). The Morgan fingerprint density at radius 2 is 2.18 bits per heavy atom. The molecule has 0 amide bonds. The van der Waals surface area contributed by atoms with E-state index < -0.39 is 0 Å². The van der Waals surface area contributed by atoms with E-state index in [0.29, 0.717) is 0 Å². The molecule has 0 aliphatic heterocycles. The highest BCUT2D eigenvalue weighted by Crippen LogP contribution is 2.07. The Bertz CT molecular complexity index is 580. The normalized spacial score (nSPS) is 11.5. The number of aliphatic imine (C=N–C) groups is 1. The highest BCUT2D eigenvalue weighted by molar-refractivity contribution is 7.98. The molecule has 0 saturated heterocycles. The van der Waals surface area contributed by atoms with Gasteiger partial charge in [0, 0.05) is 44.8 Å². The second-order valence-electron chi connectivity index (χ2n) is 4.90. The van der Waals surface area contributed by atoms with Crippen molar-refractivity contribution >= 4 is 17.7 Å². The SMILES string of the molecule is CN=C(NCCSC)NCc1cccc(Cn2ccnc2)c1. The standard InChI is InChI=1S/C16H23N5S/c1-17-16(19-7-9-22-2)20-11-14-4-3-5-15(10-14)12-21-8-6-18-13-21/h3-6,8,10,13H,7,9,11-12H2,1-2H3,(H2,17,19,20). The molecule has 0 unspecified atom stereocenters. The van der Waals surface area contributed by atoms with Crippen molar-refractivity contribution in [2.75, 3.05) is 25.6 Å². The van der Waals surface area contributed by atoms with Gasteiger partial charge in [-0.25, -0.2) is 4.98 Å². The molecule has 118 valence electrons. The van der Waals surface area contributed by atoms with Crippen LogP contribution in [0.3, 0.4) is 0 Å². The predicted octanol–water partition coefficient (Wildman–Crippen LogP) is 1.96. The number of hydrogen-bond donors (Lipinski definition) is 2. The van der Waals surface area contributed by atoms with Crippen LogP contribution in [0.25, 0.3) is 0 Å². The van der Waals surface area contributed by atoms with Gasteiger partial charge >= 0.3 is 0 Å². The third-order valence-corrected chi connectivity index (χ3v) is 3.81. The topological polar surface area (TPSA) is 54.2 Å². The van der Waals surface area contributed by atoms with Crippen molar-refractivity contribution in [1.82, 2.24) is 20.2 Å². The summed E-state index contributed by atoms with van der Waals surface area (Å²) in [5.41, 5.74) is 2.51. The number of guanidine groups is 1. The van der Waals surface area contributed by atoms with E-state index in [1.54, 1.807) is 13.2 Å². The minimum atomic E-state index is 0.761. The Labute approximate surface area is 136 Å². The van der Waals surface area contributed by atoms with Crippen molar-refractivity contribution < 1.29 is 0 Å². The molecule has 2 aromatic rings. The van der Waals surface area contributed by atoms with Crippen molar-refractivity contribution in [1.29, 1.82) is 0 Å². The van der Waals surface area contributed by atoms with E-state index >= 15 is 0 Å². The van der Waals surface area contributed by atoms with Gasteiger partial charge in [0.15, 0.2) is 5.96 Å². The highest BCUT2D eigenvalue weighted by Gasteiger charge is 2.00. The number of aromatic nitrogens is 2. The van der Waals surface area contributed by atoms with Gasteiger partial charge in [-0.05, 0) is 17.4 Å². The summed E-state index contributed by atoms with van der Waals surface area (Å²) in [5.74, 6) is 1.91. The Morgan fingerprint density at radius 3 is 2.91 bits per heavy atom. The summed E-state index contributed by atoms with van der Waals surface area (Å²) in [5, 5.41) is 6.64. The lowest BCUT2D eigenvalue weighted by Crippen LogP contribution is -2.37. The molecule has 0 aliphatic rings. The molecule has 0 bridgehead atoms. The number of nitrogens with zero attached hydrogens (tertiary/aromatic N) is 3. The van der Waals surface area contributed by atoms with E-state index in [0.717, 1.165) is 31.3 Å². The second kappa shape index (κ2) is 9.15. The van der Waals surface area contributed by atoms with E-state index in [4.69, 9.17) is 0 Å². The first kappa shape index (κ1) is 16.4. The molecule has 1 heterocycles. The summed E-state index contributed by atoms with van der Waals surface area (Å²) in [7, 11) is 1.80. The number of imidazole rings is 1. The molecule has 0 radical (unpaired) electrons. The van der Waals surface area contributed by atoms with Crippen LogP contribution in [-0.4, -0.2) is 41.1 Å². The number of hydrogen-bond acceptors (Lipinski definition) is 3. The second-order valence-corrected chi connectivity index (χ2v) is 5.89. The van der Waals surface area contributed by atoms with Gasteiger partial charge in [0.25, 0.3) is 0 Å². The van der Waals surface area contributed by atoms with Gasteiger partial charge < -0.3 is 15.2 Å². The van der Waals surface area contributed by atoms with Crippen LogP contribution in [0.1, 0.15) is 11.1 Å². The minimum Gasteiger partial charge on any atom is -0.356 e. The highest BCUT2D eigenvalue weighted by atomic mass is 32.2. The smallest absolute Gasteiger partial charge is 0.191 e. The van der Waals surface area contributed by atoms with Crippen molar-refractivity contribution in [3.8, 4) is 0 Å². The molecule has 1 aromatic carbocycles. The summed E-state index contributed by atoms with van der Waals surface area (Å²) in [6.07, 6.45) is 7.71. The van der Waals surface area contributed by atoms with E-state index in [-0.39, 0.29) is 0 Å². The molecule has 0 fully saturated rings. The van der Waals surface area contributed by atoms with Gasteiger partial charge in [-0.3, -0.25) is 4.99 Å². The number of rotatable bonds is 7. The molecule has 1 aromatic heterocycles. The van der Waals surface area contributed by atoms with Crippen LogP contribution < -0.4 is 10.6 Å².